The maximum absolute atomic E-state index is 5.27. The zero-order valence-electron chi connectivity index (χ0n) is 76.2. The van der Waals surface area contributed by atoms with Crippen LogP contribution in [-0.2, 0) is 0 Å². The van der Waals surface area contributed by atoms with Gasteiger partial charge in [-0.05, 0) is 136 Å². The molecule has 0 saturated heterocycles. The van der Waals surface area contributed by atoms with Gasteiger partial charge in [0, 0.05) is 105 Å². The average molecular weight is 1800 g/mol. The fraction of sp³-hybridized carbons (Fsp3) is 0. The van der Waals surface area contributed by atoms with Crippen molar-refractivity contribution < 1.29 is 0 Å². The number of rotatable bonds is 15. The predicted octanol–water partition coefficient (Wildman–Crippen LogP) is 31.8. The highest BCUT2D eigenvalue weighted by Crippen LogP contribution is 2.43. The summed E-state index contributed by atoms with van der Waals surface area (Å²) >= 11 is 0. The molecule has 0 atom stereocenters. The SMILES string of the molecule is c1ccc(-c2cc(-c3ccccc3)nc(-c3cc(-c4nc(-c5ccccc5)cc(-c5ccccc5)n4)nc(-n4c5ccccc5c5ccccc54)n3)n2)cc1.c1ccc(-c2cc(-c3ccccc3)nc(-c3ccc(-n4c5ccccc5c5ccc6ccccc6c54)cc3)n2)cc1.c1ccc(-c2ccc(-c3nc(-c4ccc(-n5c6ccccc6c6c7ccccc7ccc65)cc4)nc4ccccc34)cc2)cc1. The van der Waals surface area contributed by atoms with E-state index in [0.29, 0.717) is 34.8 Å². The number of fused-ring (bicyclic) bond motifs is 14. The molecule has 0 N–H and O–H groups in total. The van der Waals surface area contributed by atoms with Gasteiger partial charge in [0.25, 0.3) is 0 Å². The minimum atomic E-state index is 0.466. The lowest BCUT2D eigenvalue weighted by Gasteiger charge is -2.13. The molecule has 0 unspecified atom stereocenters. The van der Waals surface area contributed by atoms with Gasteiger partial charge >= 0.3 is 0 Å². The van der Waals surface area contributed by atoms with E-state index >= 15 is 0 Å². The fourth-order valence-electron chi connectivity index (χ4n) is 19.6. The molecule has 8 aromatic heterocycles. The quantitative estimate of drug-likeness (QED) is 0.0973. The molecule has 0 amide bonds. The van der Waals surface area contributed by atoms with Crippen LogP contribution in [0.25, 0.3) is 251 Å². The van der Waals surface area contributed by atoms with Gasteiger partial charge in [0.05, 0.1) is 78.5 Å². The molecule has 0 aliphatic rings. The Bertz CT molecular complexity index is 9000. The van der Waals surface area contributed by atoms with Gasteiger partial charge in [-0.1, -0.05) is 394 Å². The van der Waals surface area contributed by atoms with Crippen LogP contribution in [0.1, 0.15) is 0 Å². The van der Waals surface area contributed by atoms with Crippen molar-refractivity contribution >= 4 is 97.9 Å². The molecule has 27 rings (SSSR count). The van der Waals surface area contributed by atoms with Gasteiger partial charge in [0.15, 0.2) is 23.3 Å². The Morgan fingerprint density at radius 1 is 0.149 bits per heavy atom. The molecule has 0 aliphatic carbocycles. The Kier molecular flexibility index (Phi) is 21.6. The Morgan fingerprint density at radius 3 is 0.908 bits per heavy atom. The smallest absolute Gasteiger partial charge is 0.236 e. The monoisotopic (exact) mass is 1800 g/mol. The van der Waals surface area contributed by atoms with Crippen LogP contribution in [0.15, 0.2) is 504 Å². The van der Waals surface area contributed by atoms with Crippen LogP contribution >= 0.6 is 0 Å². The number of aromatic nitrogens is 13. The lowest BCUT2D eigenvalue weighted by molar-refractivity contribution is 0.976. The van der Waals surface area contributed by atoms with Crippen molar-refractivity contribution in [1.82, 2.24) is 63.5 Å². The van der Waals surface area contributed by atoms with Gasteiger partial charge in [-0.25, -0.2) is 49.8 Å². The first kappa shape index (κ1) is 83.6. The maximum Gasteiger partial charge on any atom is 0.236 e. The third kappa shape index (κ3) is 16.0. The summed E-state index contributed by atoms with van der Waals surface area (Å²) in [6, 6.07) is 174. The molecular formula is C128H83N13. The van der Waals surface area contributed by atoms with E-state index in [-0.39, 0.29) is 0 Å². The summed E-state index contributed by atoms with van der Waals surface area (Å²) in [6.07, 6.45) is 0. The summed E-state index contributed by atoms with van der Waals surface area (Å²) in [5.74, 6) is 2.83. The molecule has 0 spiro atoms. The second-order valence-corrected chi connectivity index (χ2v) is 34.9. The summed E-state index contributed by atoms with van der Waals surface area (Å²) in [7, 11) is 0. The third-order valence-electron chi connectivity index (χ3n) is 26.3. The largest absolute Gasteiger partial charge is 0.309 e. The molecular weight excluding hydrogens is 1720 g/mol. The highest BCUT2D eigenvalue weighted by Gasteiger charge is 2.25. The second-order valence-electron chi connectivity index (χ2n) is 34.9. The van der Waals surface area contributed by atoms with Gasteiger partial charge in [-0.15, -0.1) is 0 Å². The lowest BCUT2D eigenvalue weighted by Crippen LogP contribution is -2.07. The zero-order valence-corrected chi connectivity index (χ0v) is 76.2. The molecule has 660 valence electrons. The summed E-state index contributed by atoms with van der Waals surface area (Å²) in [5, 5.41) is 13.3. The van der Waals surface area contributed by atoms with Crippen LogP contribution in [0.5, 0.6) is 0 Å². The van der Waals surface area contributed by atoms with Crippen LogP contribution in [0, 0.1) is 0 Å². The molecule has 13 heteroatoms. The van der Waals surface area contributed by atoms with Gasteiger partial charge < -0.3 is 9.13 Å². The maximum atomic E-state index is 5.27. The molecule has 0 bridgehead atoms. The molecule has 19 aromatic carbocycles. The molecule has 141 heavy (non-hydrogen) atoms. The molecule has 0 fully saturated rings. The Balaban J connectivity index is 0.000000113. The highest BCUT2D eigenvalue weighted by molar-refractivity contribution is 6.22. The molecule has 13 nitrogen and oxygen atoms in total. The van der Waals surface area contributed by atoms with Crippen LogP contribution in [0.4, 0.5) is 0 Å². The fourth-order valence-corrected chi connectivity index (χ4v) is 19.6. The van der Waals surface area contributed by atoms with Gasteiger partial charge in [0.2, 0.25) is 5.95 Å². The number of nitrogens with zero attached hydrogens (tertiary/aromatic N) is 13. The van der Waals surface area contributed by atoms with Crippen molar-refractivity contribution in [3.05, 3.63) is 504 Å². The summed E-state index contributed by atoms with van der Waals surface area (Å²) in [5.41, 5.74) is 28.4. The van der Waals surface area contributed by atoms with Crippen molar-refractivity contribution in [3.8, 4) is 153 Å². The number of benzene rings is 19. The van der Waals surface area contributed by atoms with E-state index in [9.17, 15) is 0 Å². The Morgan fingerprint density at radius 2 is 0.454 bits per heavy atom. The van der Waals surface area contributed by atoms with Crippen LogP contribution in [-0.4, -0.2) is 63.5 Å². The molecule has 0 saturated carbocycles. The molecule has 0 radical (unpaired) electrons. The lowest BCUT2D eigenvalue weighted by atomic mass is 10.0. The van der Waals surface area contributed by atoms with Crippen LogP contribution < -0.4 is 0 Å². The van der Waals surface area contributed by atoms with E-state index in [1.807, 2.05) is 152 Å². The minimum absolute atomic E-state index is 0.466. The van der Waals surface area contributed by atoms with Crippen molar-refractivity contribution in [3.63, 3.8) is 0 Å². The first-order valence-electron chi connectivity index (χ1n) is 47.2. The summed E-state index contributed by atoms with van der Waals surface area (Å²) in [6.45, 7) is 0. The first-order valence-corrected chi connectivity index (χ1v) is 47.2. The van der Waals surface area contributed by atoms with Crippen LogP contribution in [0.3, 0.4) is 0 Å². The van der Waals surface area contributed by atoms with Crippen LogP contribution in [0.2, 0.25) is 0 Å². The first-order chi connectivity index (χ1) is 69.9. The van der Waals surface area contributed by atoms with E-state index in [0.717, 1.165) is 140 Å². The Hall–Kier alpha value is -19.2. The van der Waals surface area contributed by atoms with E-state index in [1.54, 1.807) is 0 Å². The van der Waals surface area contributed by atoms with Gasteiger partial charge in [-0.3, -0.25) is 4.57 Å². The van der Waals surface area contributed by atoms with E-state index in [4.69, 9.17) is 49.8 Å². The van der Waals surface area contributed by atoms with Crippen molar-refractivity contribution in [2.45, 2.75) is 0 Å². The van der Waals surface area contributed by atoms with Crippen molar-refractivity contribution in [2.75, 3.05) is 0 Å². The van der Waals surface area contributed by atoms with E-state index in [1.165, 1.54) is 76.3 Å². The van der Waals surface area contributed by atoms with E-state index < -0.39 is 0 Å². The van der Waals surface area contributed by atoms with E-state index in [2.05, 4.69) is 366 Å². The standard InChI is InChI=1S/C48H31N7.C42H27N3.C38H25N3/c1-5-17-32(18-6-1)38-29-39(33-19-7-2-8-20-33)50-46(49-38)42-31-43(54-48(53-42)55-44-27-15-13-25-36(44)37-26-14-16-28-45(37)55)47-51-40(34-21-9-3-10-22-34)30-41(52-47)35-23-11-4-12-24-35;1-2-10-28(11-3-1)29-18-20-31(21-19-29)41-35-14-6-8-16-37(35)43-42(44-41)32-22-25-33(26-23-32)45-38-17-9-7-15-36(38)40-34-13-5-4-12-30(34)24-27-39(40)45;1-3-12-27(13-4-1)34-25-35(28-14-5-2-6-15-28)40-38(39-34)29-19-22-30(23-20-29)41-36-18-10-9-17-32(36)33-24-21-26-11-7-8-16-31(26)37(33)41/h1-31H;1-27H;1-25H. The topological polar surface area (TPSA) is 144 Å². The molecule has 27 aromatic rings. The van der Waals surface area contributed by atoms with Gasteiger partial charge in [0.1, 0.15) is 11.4 Å². The molecule has 0 aliphatic heterocycles. The third-order valence-corrected chi connectivity index (χ3v) is 26.3. The van der Waals surface area contributed by atoms with Gasteiger partial charge in [-0.2, -0.15) is 0 Å². The highest BCUT2D eigenvalue weighted by atomic mass is 15.2. The summed E-state index contributed by atoms with van der Waals surface area (Å²) < 4.78 is 6.85. The average Bonchev–Trinajstić information content (AvgIpc) is 1.59. The number of hydrogen-bond acceptors (Lipinski definition) is 10. The summed E-state index contributed by atoms with van der Waals surface area (Å²) in [4.78, 5) is 51.4. The Labute approximate surface area is 812 Å². The number of para-hydroxylation sites is 5. The second kappa shape index (κ2) is 36.5. The normalized spacial score (nSPS) is 11.4. The predicted molar refractivity (Wildman–Crippen MR) is 578 cm³/mol. The zero-order chi connectivity index (χ0) is 93.5. The van der Waals surface area contributed by atoms with Crippen molar-refractivity contribution in [2.24, 2.45) is 0 Å². The minimum Gasteiger partial charge on any atom is -0.309 e. The molecule has 8 heterocycles. The van der Waals surface area contributed by atoms with Crippen molar-refractivity contribution in [1.29, 1.82) is 0 Å². The number of hydrogen-bond donors (Lipinski definition) is 0.